The van der Waals surface area contributed by atoms with Crippen molar-refractivity contribution in [3.05, 3.63) is 41.1 Å². The first-order valence-electron chi connectivity index (χ1n) is 5.74. The van der Waals surface area contributed by atoms with Crippen molar-refractivity contribution in [2.45, 2.75) is 13.0 Å². The zero-order chi connectivity index (χ0) is 12.5. The molecule has 0 radical (unpaired) electrons. The molecule has 0 bridgehead atoms. The van der Waals surface area contributed by atoms with Crippen LogP contribution in [0, 0.1) is 0 Å². The van der Waals surface area contributed by atoms with Crippen molar-refractivity contribution in [1.29, 1.82) is 0 Å². The van der Waals surface area contributed by atoms with Crippen LogP contribution in [0.2, 0.25) is 0 Å². The van der Waals surface area contributed by atoms with E-state index in [1.165, 1.54) is 0 Å². The number of aryl methyl sites for hydroxylation is 1. The molecule has 6 heteroatoms. The lowest BCUT2D eigenvalue weighted by Crippen LogP contribution is -2.21. The summed E-state index contributed by atoms with van der Waals surface area (Å²) in [5, 5.41) is 13.5. The van der Waals surface area contributed by atoms with Gasteiger partial charge in [-0.05, 0) is 12.5 Å². The van der Waals surface area contributed by atoms with Gasteiger partial charge >= 0.3 is 0 Å². The van der Waals surface area contributed by atoms with Crippen molar-refractivity contribution in [2.24, 2.45) is 0 Å². The number of aromatic nitrogens is 4. The third-order valence-electron chi connectivity index (χ3n) is 2.91. The lowest BCUT2D eigenvalue weighted by Gasteiger charge is -2.06. The Morgan fingerprint density at radius 1 is 1.33 bits per heavy atom. The molecule has 0 aliphatic heterocycles. The number of fused-ring (bicyclic) bond motifs is 3. The second kappa shape index (κ2) is 4.23. The minimum absolute atomic E-state index is 0.0704. The molecule has 0 atom stereocenters. The first-order chi connectivity index (χ1) is 8.81. The molecule has 0 spiro atoms. The molecule has 0 aliphatic rings. The molecule has 18 heavy (non-hydrogen) atoms. The molecule has 0 saturated carbocycles. The lowest BCUT2D eigenvalue weighted by molar-refractivity contribution is 0.279. The van der Waals surface area contributed by atoms with Crippen LogP contribution in [0.1, 0.15) is 6.42 Å². The summed E-state index contributed by atoms with van der Waals surface area (Å²) in [5.41, 5.74) is 1.36. The van der Waals surface area contributed by atoms with Crippen molar-refractivity contribution in [2.75, 3.05) is 6.61 Å². The minimum atomic E-state index is -0.106. The van der Waals surface area contributed by atoms with Gasteiger partial charge in [0.25, 0.3) is 5.56 Å². The van der Waals surface area contributed by atoms with E-state index in [-0.39, 0.29) is 12.2 Å². The monoisotopic (exact) mass is 244 g/mol. The Kier molecular flexibility index (Phi) is 2.56. The lowest BCUT2D eigenvalue weighted by atomic mass is 10.3. The Balaban J connectivity index is 2.25. The Bertz CT molecular complexity index is 759. The zero-order valence-corrected chi connectivity index (χ0v) is 9.65. The van der Waals surface area contributed by atoms with Crippen LogP contribution in [0.15, 0.2) is 35.5 Å². The third-order valence-corrected chi connectivity index (χ3v) is 2.91. The highest BCUT2D eigenvalue weighted by Gasteiger charge is 2.07. The van der Waals surface area contributed by atoms with Gasteiger partial charge in [0.1, 0.15) is 0 Å². The summed E-state index contributed by atoms with van der Waals surface area (Å²) in [5.74, 6) is 0. The van der Waals surface area contributed by atoms with Gasteiger partial charge in [-0.3, -0.25) is 4.79 Å². The molecule has 6 nitrogen and oxygen atoms in total. The SMILES string of the molecule is O=c1c2cnc3ccnn3c2ccn1CCCO. The highest BCUT2D eigenvalue weighted by molar-refractivity contribution is 5.78. The zero-order valence-electron chi connectivity index (χ0n) is 9.65. The van der Waals surface area contributed by atoms with Crippen molar-refractivity contribution in [3.63, 3.8) is 0 Å². The first-order valence-corrected chi connectivity index (χ1v) is 5.74. The van der Waals surface area contributed by atoms with Crippen molar-refractivity contribution in [1.82, 2.24) is 19.2 Å². The molecule has 3 heterocycles. The average Bonchev–Trinajstić information content (AvgIpc) is 2.86. The first kappa shape index (κ1) is 10.9. The Morgan fingerprint density at radius 3 is 3.06 bits per heavy atom. The number of nitrogens with zero attached hydrogens (tertiary/aromatic N) is 4. The van der Waals surface area contributed by atoms with E-state index in [2.05, 4.69) is 10.1 Å². The number of rotatable bonds is 3. The van der Waals surface area contributed by atoms with E-state index >= 15 is 0 Å². The van der Waals surface area contributed by atoms with E-state index in [0.717, 1.165) is 11.2 Å². The second-order valence-electron chi connectivity index (χ2n) is 4.05. The maximum absolute atomic E-state index is 12.2. The largest absolute Gasteiger partial charge is 0.396 e. The standard InChI is InChI=1S/C12H12N4O2/c17-7-1-5-15-6-3-10-9(12(15)18)8-13-11-2-4-14-16(10)11/h2-4,6,8,17H,1,5,7H2. The van der Waals surface area contributed by atoms with Crippen LogP contribution in [0.3, 0.4) is 0 Å². The van der Waals surface area contributed by atoms with Crippen LogP contribution in [-0.2, 0) is 6.54 Å². The molecule has 3 aromatic rings. The molecule has 0 saturated heterocycles. The molecule has 92 valence electrons. The van der Waals surface area contributed by atoms with E-state index in [0.29, 0.717) is 18.4 Å². The van der Waals surface area contributed by atoms with Gasteiger partial charge in [-0.15, -0.1) is 0 Å². The fourth-order valence-electron chi connectivity index (χ4n) is 2.02. The summed E-state index contributed by atoms with van der Waals surface area (Å²) in [6.45, 7) is 0.573. The van der Waals surface area contributed by atoms with Gasteiger partial charge in [0.2, 0.25) is 0 Å². The maximum atomic E-state index is 12.2. The van der Waals surface area contributed by atoms with E-state index in [1.54, 1.807) is 33.7 Å². The van der Waals surface area contributed by atoms with Gasteiger partial charge in [0.15, 0.2) is 5.65 Å². The van der Waals surface area contributed by atoms with E-state index in [1.807, 2.05) is 6.07 Å². The summed E-state index contributed by atoms with van der Waals surface area (Å²) >= 11 is 0. The number of hydrogen-bond acceptors (Lipinski definition) is 4. The number of aliphatic hydroxyl groups is 1. The fraction of sp³-hybridized carbons (Fsp3) is 0.250. The van der Waals surface area contributed by atoms with Gasteiger partial charge in [0.05, 0.1) is 17.1 Å². The van der Waals surface area contributed by atoms with Crippen LogP contribution in [-0.4, -0.2) is 30.9 Å². The molecule has 0 fully saturated rings. The second-order valence-corrected chi connectivity index (χ2v) is 4.05. The molecule has 0 aliphatic carbocycles. The normalized spacial score (nSPS) is 11.4. The fourth-order valence-corrected chi connectivity index (χ4v) is 2.02. The van der Waals surface area contributed by atoms with Crippen molar-refractivity contribution < 1.29 is 5.11 Å². The van der Waals surface area contributed by atoms with Crippen LogP contribution < -0.4 is 5.56 Å². The summed E-state index contributed by atoms with van der Waals surface area (Å²) in [6, 6.07) is 3.63. The van der Waals surface area contributed by atoms with Crippen molar-refractivity contribution >= 4 is 16.6 Å². The molecule has 3 aromatic heterocycles. The molecule has 0 amide bonds. The minimum Gasteiger partial charge on any atom is -0.396 e. The molecular weight excluding hydrogens is 232 g/mol. The third kappa shape index (κ3) is 1.58. The Labute approximate surface area is 102 Å². The molecule has 1 N–H and O–H groups in total. The number of pyridine rings is 1. The smallest absolute Gasteiger partial charge is 0.261 e. The summed E-state index contributed by atoms with van der Waals surface area (Å²) in [7, 11) is 0. The number of hydrogen-bond donors (Lipinski definition) is 1. The summed E-state index contributed by atoms with van der Waals surface area (Å²) < 4.78 is 3.22. The summed E-state index contributed by atoms with van der Waals surface area (Å²) in [6.07, 6.45) is 5.51. The topological polar surface area (TPSA) is 72.4 Å². The highest BCUT2D eigenvalue weighted by atomic mass is 16.3. The van der Waals surface area contributed by atoms with Crippen LogP contribution in [0.5, 0.6) is 0 Å². The predicted octanol–water partition coefficient (Wildman–Crippen LogP) is 0.427. The highest BCUT2D eigenvalue weighted by Crippen LogP contribution is 2.10. The quantitative estimate of drug-likeness (QED) is 0.725. The van der Waals surface area contributed by atoms with Gasteiger partial charge in [-0.1, -0.05) is 0 Å². The van der Waals surface area contributed by atoms with Crippen LogP contribution in [0.25, 0.3) is 16.6 Å². The molecule has 3 rings (SSSR count). The van der Waals surface area contributed by atoms with Gasteiger partial charge in [-0.25, -0.2) is 9.50 Å². The average molecular weight is 244 g/mol. The van der Waals surface area contributed by atoms with Crippen LogP contribution >= 0.6 is 0 Å². The Morgan fingerprint density at radius 2 is 2.22 bits per heavy atom. The van der Waals surface area contributed by atoms with Gasteiger partial charge < -0.3 is 9.67 Å². The molecular formula is C12H12N4O2. The van der Waals surface area contributed by atoms with Crippen molar-refractivity contribution in [3.8, 4) is 0 Å². The van der Waals surface area contributed by atoms with Gasteiger partial charge in [-0.2, -0.15) is 5.10 Å². The molecule has 0 unspecified atom stereocenters. The van der Waals surface area contributed by atoms with E-state index in [9.17, 15) is 4.79 Å². The van der Waals surface area contributed by atoms with Gasteiger partial charge in [0, 0.05) is 31.6 Å². The number of aliphatic hydroxyl groups excluding tert-OH is 1. The summed E-state index contributed by atoms with van der Waals surface area (Å²) in [4.78, 5) is 16.4. The predicted molar refractivity (Wildman–Crippen MR) is 66.5 cm³/mol. The maximum Gasteiger partial charge on any atom is 0.261 e. The van der Waals surface area contributed by atoms with E-state index < -0.39 is 0 Å². The molecule has 0 aromatic carbocycles. The van der Waals surface area contributed by atoms with E-state index in [4.69, 9.17) is 5.11 Å². The Hall–Kier alpha value is -2.21. The van der Waals surface area contributed by atoms with Crippen LogP contribution in [0.4, 0.5) is 0 Å².